The molecule has 0 aliphatic carbocycles. The second-order valence-corrected chi connectivity index (χ2v) is 6.77. The first-order valence-corrected chi connectivity index (χ1v) is 8.51. The summed E-state index contributed by atoms with van der Waals surface area (Å²) >= 11 is 5.72. The molecule has 0 fully saturated rings. The molecule has 0 bridgehead atoms. The third kappa shape index (κ3) is 4.23. The summed E-state index contributed by atoms with van der Waals surface area (Å²) in [6.45, 7) is 2.75. The maximum absolute atomic E-state index is 13.9. The third-order valence-electron chi connectivity index (χ3n) is 3.24. The van der Waals surface area contributed by atoms with Gasteiger partial charge >= 0.3 is 0 Å². The highest BCUT2D eigenvalue weighted by molar-refractivity contribution is 14.1. The fourth-order valence-electron chi connectivity index (χ4n) is 2.25. The second kappa shape index (κ2) is 7.65. The lowest BCUT2D eigenvalue weighted by Crippen LogP contribution is -2.24. The van der Waals surface area contributed by atoms with E-state index in [2.05, 4.69) is 43.8 Å². The van der Waals surface area contributed by atoms with Gasteiger partial charge in [-0.3, -0.25) is 0 Å². The fourth-order valence-corrected chi connectivity index (χ4v) is 3.34. The van der Waals surface area contributed by atoms with Crippen molar-refractivity contribution in [1.82, 2.24) is 5.32 Å². The molecule has 0 saturated heterocycles. The number of rotatable bonds is 5. The van der Waals surface area contributed by atoms with Crippen molar-refractivity contribution < 1.29 is 8.78 Å². The van der Waals surface area contributed by atoms with Crippen LogP contribution in [-0.2, 0) is 6.42 Å². The van der Waals surface area contributed by atoms with E-state index in [1.165, 1.54) is 0 Å². The number of benzene rings is 2. The Kier molecular flexibility index (Phi) is 6.13. The van der Waals surface area contributed by atoms with E-state index in [0.717, 1.165) is 26.2 Å². The molecular weight excluding hydrogens is 451 g/mol. The standard InChI is InChI=1S/C16H15BrF2IN/c1-2-21-15(12-9-11(17)6-7-14(12)20)8-10-4-3-5-13(18)16(10)19/h3-7,9,15,21H,2,8H2,1H3. The molecular formula is C16H15BrF2IN. The lowest BCUT2D eigenvalue weighted by molar-refractivity contribution is 0.480. The Bertz CT molecular complexity index is 634. The van der Waals surface area contributed by atoms with Gasteiger partial charge in [0.15, 0.2) is 11.6 Å². The zero-order chi connectivity index (χ0) is 15.4. The molecule has 0 heterocycles. The van der Waals surface area contributed by atoms with Gasteiger partial charge in [0.1, 0.15) is 0 Å². The van der Waals surface area contributed by atoms with Crippen molar-refractivity contribution in [3.05, 3.63) is 67.2 Å². The van der Waals surface area contributed by atoms with Gasteiger partial charge in [0, 0.05) is 14.1 Å². The number of hydrogen-bond acceptors (Lipinski definition) is 1. The molecule has 1 unspecified atom stereocenters. The molecule has 1 nitrogen and oxygen atoms in total. The highest BCUT2D eigenvalue weighted by Crippen LogP contribution is 2.27. The number of likely N-dealkylation sites (N-methyl/N-ethyl adjacent to an activating group) is 1. The molecule has 2 aromatic carbocycles. The van der Waals surface area contributed by atoms with Crippen LogP contribution in [0.1, 0.15) is 24.1 Å². The first-order valence-electron chi connectivity index (χ1n) is 6.64. The predicted octanol–water partition coefficient (Wildman–Crippen LogP) is 5.23. The average Bonchev–Trinajstić information content (AvgIpc) is 2.46. The smallest absolute Gasteiger partial charge is 0.162 e. The summed E-state index contributed by atoms with van der Waals surface area (Å²) in [5, 5.41) is 3.35. The van der Waals surface area contributed by atoms with Gasteiger partial charge < -0.3 is 5.32 Å². The Morgan fingerprint density at radius 2 is 2.00 bits per heavy atom. The van der Waals surface area contributed by atoms with Crippen molar-refractivity contribution in [3.63, 3.8) is 0 Å². The molecule has 21 heavy (non-hydrogen) atoms. The molecule has 2 rings (SSSR count). The monoisotopic (exact) mass is 465 g/mol. The average molecular weight is 466 g/mol. The van der Waals surface area contributed by atoms with E-state index in [1.807, 2.05) is 25.1 Å². The maximum atomic E-state index is 13.9. The minimum atomic E-state index is -0.799. The Morgan fingerprint density at radius 1 is 1.24 bits per heavy atom. The van der Waals surface area contributed by atoms with Gasteiger partial charge in [-0.05, 0) is 70.9 Å². The Hall–Kier alpha value is -0.530. The second-order valence-electron chi connectivity index (χ2n) is 4.69. The van der Waals surface area contributed by atoms with E-state index in [-0.39, 0.29) is 6.04 Å². The predicted molar refractivity (Wildman–Crippen MR) is 93.3 cm³/mol. The molecule has 1 N–H and O–H groups in total. The molecule has 0 radical (unpaired) electrons. The Labute approximate surface area is 145 Å². The molecule has 2 aromatic rings. The van der Waals surface area contributed by atoms with Gasteiger partial charge in [-0.2, -0.15) is 0 Å². The van der Waals surface area contributed by atoms with Gasteiger partial charge in [0.25, 0.3) is 0 Å². The van der Waals surface area contributed by atoms with E-state index in [9.17, 15) is 8.78 Å². The highest BCUT2D eigenvalue weighted by Gasteiger charge is 2.18. The summed E-state index contributed by atoms with van der Waals surface area (Å²) in [6, 6.07) is 10.3. The van der Waals surface area contributed by atoms with E-state index in [1.54, 1.807) is 12.1 Å². The topological polar surface area (TPSA) is 12.0 Å². The Morgan fingerprint density at radius 3 is 2.71 bits per heavy atom. The molecule has 1 atom stereocenters. The van der Waals surface area contributed by atoms with E-state index >= 15 is 0 Å². The van der Waals surface area contributed by atoms with Crippen molar-refractivity contribution in [2.75, 3.05) is 6.54 Å². The van der Waals surface area contributed by atoms with Crippen molar-refractivity contribution in [3.8, 4) is 0 Å². The largest absolute Gasteiger partial charge is 0.310 e. The summed E-state index contributed by atoms with van der Waals surface area (Å²) in [4.78, 5) is 0. The number of hydrogen-bond donors (Lipinski definition) is 1. The first kappa shape index (κ1) is 16.8. The molecule has 0 amide bonds. The zero-order valence-electron chi connectivity index (χ0n) is 11.5. The van der Waals surface area contributed by atoms with E-state index in [0.29, 0.717) is 12.0 Å². The summed E-state index contributed by atoms with van der Waals surface area (Å²) in [5.41, 5.74) is 1.47. The lowest BCUT2D eigenvalue weighted by Gasteiger charge is -2.20. The summed E-state index contributed by atoms with van der Waals surface area (Å²) in [7, 11) is 0. The van der Waals surface area contributed by atoms with Crippen molar-refractivity contribution >= 4 is 38.5 Å². The Balaban J connectivity index is 2.35. The highest BCUT2D eigenvalue weighted by atomic mass is 127. The molecule has 0 aromatic heterocycles. The van der Waals surface area contributed by atoms with Crippen LogP contribution in [0.25, 0.3) is 0 Å². The van der Waals surface area contributed by atoms with E-state index < -0.39 is 11.6 Å². The van der Waals surface area contributed by atoms with Gasteiger partial charge in [-0.25, -0.2) is 8.78 Å². The first-order chi connectivity index (χ1) is 10.0. The normalized spacial score (nSPS) is 12.4. The van der Waals surface area contributed by atoms with Crippen molar-refractivity contribution in [1.29, 1.82) is 0 Å². The van der Waals surface area contributed by atoms with Gasteiger partial charge in [-0.1, -0.05) is 35.0 Å². The SMILES string of the molecule is CCNC(Cc1cccc(F)c1F)c1cc(Br)ccc1I. The van der Waals surface area contributed by atoms with Crippen LogP contribution in [0.2, 0.25) is 0 Å². The van der Waals surface area contributed by atoms with Crippen molar-refractivity contribution in [2.45, 2.75) is 19.4 Å². The van der Waals surface area contributed by atoms with Crippen molar-refractivity contribution in [2.24, 2.45) is 0 Å². The molecule has 5 heteroatoms. The summed E-state index contributed by atoms with van der Waals surface area (Å²) in [6.07, 6.45) is 0.407. The summed E-state index contributed by atoms with van der Waals surface area (Å²) < 4.78 is 29.3. The molecule has 0 spiro atoms. The molecule has 0 aliphatic heterocycles. The molecule has 0 aliphatic rings. The van der Waals surface area contributed by atoms with Gasteiger partial charge in [0.2, 0.25) is 0 Å². The summed E-state index contributed by atoms with van der Waals surface area (Å²) in [5.74, 6) is -1.56. The van der Waals surface area contributed by atoms with Crippen LogP contribution in [0.5, 0.6) is 0 Å². The van der Waals surface area contributed by atoms with Crippen LogP contribution in [0.4, 0.5) is 8.78 Å². The van der Waals surface area contributed by atoms with Gasteiger partial charge in [0.05, 0.1) is 0 Å². The quantitative estimate of drug-likeness (QED) is 0.596. The van der Waals surface area contributed by atoms with Crippen LogP contribution >= 0.6 is 38.5 Å². The fraction of sp³-hybridized carbons (Fsp3) is 0.250. The minimum Gasteiger partial charge on any atom is -0.310 e. The number of halogens is 4. The maximum Gasteiger partial charge on any atom is 0.162 e. The van der Waals surface area contributed by atoms with Crippen LogP contribution < -0.4 is 5.32 Å². The van der Waals surface area contributed by atoms with Crippen LogP contribution in [-0.4, -0.2) is 6.54 Å². The lowest BCUT2D eigenvalue weighted by atomic mass is 9.98. The molecule has 112 valence electrons. The number of nitrogens with one attached hydrogen (secondary N) is 1. The zero-order valence-corrected chi connectivity index (χ0v) is 15.2. The van der Waals surface area contributed by atoms with Crippen LogP contribution in [0.3, 0.4) is 0 Å². The molecule has 0 saturated carbocycles. The van der Waals surface area contributed by atoms with Gasteiger partial charge in [-0.15, -0.1) is 0 Å². The third-order valence-corrected chi connectivity index (χ3v) is 4.72. The van der Waals surface area contributed by atoms with Crippen LogP contribution in [0.15, 0.2) is 40.9 Å². The van der Waals surface area contributed by atoms with Crippen LogP contribution in [0, 0.1) is 15.2 Å². The minimum absolute atomic E-state index is 0.0595. The van der Waals surface area contributed by atoms with E-state index in [4.69, 9.17) is 0 Å².